The average Bonchev–Trinajstić information content (AvgIpc) is 2.30. The van der Waals surface area contributed by atoms with E-state index in [4.69, 9.17) is 10.5 Å². The summed E-state index contributed by atoms with van der Waals surface area (Å²) in [6, 6.07) is 5.58. The van der Waals surface area contributed by atoms with E-state index in [1.165, 1.54) is 0 Å². The third kappa shape index (κ3) is 1.61. The molecule has 14 heavy (non-hydrogen) atoms. The summed E-state index contributed by atoms with van der Waals surface area (Å²) in [7, 11) is 0. The smallest absolute Gasteiger partial charge is 0.125 e. The van der Waals surface area contributed by atoms with Gasteiger partial charge in [-0.05, 0) is 25.5 Å². The summed E-state index contributed by atoms with van der Waals surface area (Å²) in [4.78, 5) is 0. The Kier molecular flexibility index (Phi) is 2.44. The van der Waals surface area contributed by atoms with Crippen molar-refractivity contribution in [1.29, 1.82) is 0 Å². The number of hydrogen-bond donors (Lipinski definition) is 2. The molecular formula is C11H15NO2. The number of aryl methyl sites for hydroxylation is 1. The molecule has 2 atom stereocenters. The Morgan fingerprint density at radius 2 is 2.29 bits per heavy atom. The van der Waals surface area contributed by atoms with E-state index in [0.29, 0.717) is 13.0 Å². The second-order valence-electron chi connectivity index (χ2n) is 3.79. The van der Waals surface area contributed by atoms with Crippen LogP contribution in [-0.2, 0) is 0 Å². The zero-order valence-corrected chi connectivity index (χ0v) is 8.23. The lowest BCUT2D eigenvalue weighted by Crippen LogP contribution is -2.28. The van der Waals surface area contributed by atoms with Gasteiger partial charge in [0.2, 0.25) is 0 Å². The largest absolute Gasteiger partial charge is 0.493 e. The van der Waals surface area contributed by atoms with Crippen molar-refractivity contribution in [2.24, 2.45) is 5.73 Å². The predicted molar refractivity (Wildman–Crippen MR) is 54.2 cm³/mol. The van der Waals surface area contributed by atoms with Crippen LogP contribution in [0.2, 0.25) is 0 Å². The molecule has 0 bridgehead atoms. The van der Waals surface area contributed by atoms with Crippen LogP contribution in [0, 0.1) is 6.92 Å². The topological polar surface area (TPSA) is 55.5 Å². The number of rotatable bonds is 0. The molecule has 0 radical (unpaired) electrons. The third-order valence-electron chi connectivity index (χ3n) is 2.60. The van der Waals surface area contributed by atoms with Crippen LogP contribution in [0.4, 0.5) is 0 Å². The molecule has 3 nitrogen and oxygen atoms in total. The van der Waals surface area contributed by atoms with Crippen molar-refractivity contribution < 1.29 is 9.84 Å². The van der Waals surface area contributed by atoms with E-state index in [0.717, 1.165) is 16.9 Å². The van der Waals surface area contributed by atoms with Crippen LogP contribution in [-0.4, -0.2) is 17.8 Å². The van der Waals surface area contributed by atoms with E-state index in [2.05, 4.69) is 0 Å². The van der Waals surface area contributed by atoms with Crippen molar-refractivity contribution in [2.75, 3.05) is 6.61 Å². The number of benzene rings is 1. The molecule has 0 spiro atoms. The highest BCUT2D eigenvalue weighted by Gasteiger charge is 2.23. The van der Waals surface area contributed by atoms with Gasteiger partial charge in [0.15, 0.2) is 0 Å². The van der Waals surface area contributed by atoms with Crippen LogP contribution in [0.15, 0.2) is 18.2 Å². The molecule has 2 rings (SSSR count). The normalized spacial score (nSPS) is 26.2. The maximum absolute atomic E-state index is 9.93. The Bertz CT molecular complexity index is 338. The fourth-order valence-electron chi connectivity index (χ4n) is 1.72. The highest BCUT2D eigenvalue weighted by Crippen LogP contribution is 2.31. The second kappa shape index (κ2) is 3.59. The Hall–Kier alpha value is -1.06. The van der Waals surface area contributed by atoms with Crippen LogP contribution in [0.25, 0.3) is 0 Å². The van der Waals surface area contributed by atoms with Crippen LogP contribution in [0.5, 0.6) is 5.75 Å². The van der Waals surface area contributed by atoms with Crippen molar-refractivity contribution >= 4 is 0 Å². The molecule has 0 unspecified atom stereocenters. The molecule has 0 fully saturated rings. The zero-order valence-electron chi connectivity index (χ0n) is 8.23. The van der Waals surface area contributed by atoms with Crippen molar-refractivity contribution in [3.63, 3.8) is 0 Å². The summed E-state index contributed by atoms with van der Waals surface area (Å²) < 4.78 is 5.50. The molecule has 0 saturated heterocycles. The molecule has 3 N–H and O–H groups in total. The molecule has 1 aromatic carbocycles. The summed E-state index contributed by atoms with van der Waals surface area (Å²) in [6.07, 6.45) is 0.0851. The SMILES string of the molecule is Cc1ccc2c(c1)[C@H](O)[C@@H](N)CCO2. The molecule has 1 aromatic rings. The number of fused-ring (bicyclic) bond motifs is 1. The number of aliphatic hydroxyl groups excluding tert-OH is 1. The van der Waals surface area contributed by atoms with E-state index >= 15 is 0 Å². The first-order chi connectivity index (χ1) is 6.68. The number of hydrogen-bond acceptors (Lipinski definition) is 3. The molecule has 76 valence electrons. The molecule has 1 aliphatic heterocycles. The Balaban J connectivity index is 2.44. The third-order valence-corrected chi connectivity index (χ3v) is 2.60. The Morgan fingerprint density at radius 1 is 1.50 bits per heavy atom. The van der Waals surface area contributed by atoms with Gasteiger partial charge in [0, 0.05) is 11.6 Å². The van der Waals surface area contributed by atoms with Gasteiger partial charge in [-0.25, -0.2) is 0 Å². The van der Waals surface area contributed by atoms with Crippen molar-refractivity contribution in [3.05, 3.63) is 29.3 Å². The van der Waals surface area contributed by atoms with Crippen molar-refractivity contribution in [2.45, 2.75) is 25.5 Å². The maximum Gasteiger partial charge on any atom is 0.125 e. The monoisotopic (exact) mass is 193 g/mol. The first-order valence-corrected chi connectivity index (χ1v) is 4.85. The van der Waals surface area contributed by atoms with E-state index in [-0.39, 0.29) is 6.04 Å². The van der Waals surface area contributed by atoms with Crippen LogP contribution >= 0.6 is 0 Å². The minimum Gasteiger partial charge on any atom is -0.493 e. The molecule has 0 aromatic heterocycles. The highest BCUT2D eigenvalue weighted by atomic mass is 16.5. The van der Waals surface area contributed by atoms with E-state index < -0.39 is 6.10 Å². The lowest BCUT2D eigenvalue weighted by molar-refractivity contribution is 0.144. The standard InChI is InChI=1S/C11H15NO2/c1-7-2-3-10-8(6-7)11(13)9(12)4-5-14-10/h2-3,6,9,11,13H,4-5,12H2,1H3/t9-,11-/m0/s1. The van der Waals surface area contributed by atoms with Gasteiger partial charge in [0.05, 0.1) is 12.7 Å². The minimum atomic E-state index is -0.604. The first kappa shape index (κ1) is 9.49. The average molecular weight is 193 g/mol. The van der Waals surface area contributed by atoms with E-state index in [1.54, 1.807) is 0 Å². The molecule has 1 heterocycles. The summed E-state index contributed by atoms with van der Waals surface area (Å²) >= 11 is 0. The number of ether oxygens (including phenoxy) is 1. The second-order valence-corrected chi connectivity index (χ2v) is 3.79. The van der Waals surface area contributed by atoms with Crippen LogP contribution < -0.4 is 10.5 Å². The first-order valence-electron chi connectivity index (χ1n) is 4.85. The summed E-state index contributed by atoms with van der Waals surface area (Å²) in [5, 5.41) is 9.93. The highest BCUT2D eigenvalue weighted by molar-refractivity contribution is 5.39. The Morgan fingerprint density at radius 3 is 3.07 bits per heavy atom. The molecule has 1 aliphatic rings. The minimum absolute atomic E-state index is 0.224. The molecule has 0 saturated carbocycles. The van der Waals surface area contributed by atoms with Gasteiger partial charge >= 0.3 is 0 Å². The predicted octanol–water partition coefficient (Wildman–Crippen LogP) is 1.14. The maximum atomic E-state index is 9.93. The van der Waals surface area contributed by atoms with E-state index in [1.807, 2.05) is 25.1 Å². The van der Waals surface area contributed by atoms with Gasteiger partial charge in [-0.2, -0.15) is 0 Å². The van der Waals surface area contributed by atoms with Crippen molar-refractivity contribution in [3.8, 4) is 5.75 Å². The fourth-order valence-corrected chi connectivity index (χ4v) is 1.72. The fraction of sp³-hybridized carbons (Fsp3) is 0.455. The Labute approximate surface area is 83.5 Å². The van der Waals surface area contributed by atoms with Gasteiger partial charge in [0.25, 0.3) is 0 Å². The molecular weight excluding hydrogens is 178 g/mol. The van der Waals surface area contributed by atoms with Gasteiger partial charge < -0.3 is 15.6 Å². The zero-order chi connectivity index (χ0) is 10.1. The van der Waals surface area contributed by atoms with Gasteiger partial charge in [0.1, 0.15) is 5.75 Å². The molecule has 0 amide bonds. The van der Waals surface area contributed by atoms with Gasteiger partial charge in [-0.15, -0.1) is 0 Å². The van der Waals surface area contributed by atoms with E-state index in [9.17, 15) is 5.11 Å². The number of nitrogens with two attached hydrogens (primary N) is 1. The number of aliphatic hydroxyl groups is 1. The lowest BCUT2D eigenvalue weighted by Gasteiger charge is -2.16. The van der Waals surface area contributed by atoms with Gasteiger partial charge in [-0.1, -0.05) is 11.6 Å². The molecule has 0 aliphatic carbocycles. The summed E-state index contributed by atoms with van der Waals surface area (Å²) in [5.41, 5.74) is 7.74. The van der Waals surface area contributed by atoms with Crippen molar-refractivity contribution in [1.82, 2.24) is 0 Å². The quantitative estimate of drug-likeness (QED) is 0.649. The van der Waals surface area contributed by atoms with Crippen LogP contribution in [0.1, 0.15) is 23.7 Å². The summed E-state index contributed by atoms with van der Waals surface area (Å²) in [6.45, 7) is 2.57. The lowest BCUT2D eigenvalue weighted by atomic mass is 9.99. The summed E-state index contributed by atoms with van der Waals surface area (Å²) in [5.74, 6) is 0.760. The van der Waals surface area contributed by atoms with Crippen LogP contribution in [0.3, 0.4) is 0 Å². The molecule has 3 heteroatoms. The van der Waals surface area contributed by atoms with Gasteiger partial charge in [-0.3, -0.25) is 0 Å².